The van der Waals surface area contributed by atoms with Crippen LogP contribution in [0.25, 0.3) is 10.9 Å². The van der Waals surface area contributed by atoms with E-state index in [1.165, 1.54) is 4.90 Å². The van der Waals surface area contributed by atoms with Crippen LogP contribution in [0.4, 0.5) is 10.5 Å². The van der Waals surface area contributed by atoms with Gasteiger partial charge in [0.1, 0.15) is 12.1 Å². The third-order valence-corrected chi connectivity index (χ3v) is 4.07. The van der Waals surface area contributed by atoms with Crippen molar-refractivity contribution in [2.45, 2.75) is 46.3 Å². The molecule has 0 fully saturated rings. The second-order valence-electron chi connectivity index (χ2n) is 7.73. The molecule has 154 valence electrons. The molecule has 2 rings (SSSR count). The van der Waals surface area contributed by atoms with E-state index in [-0.39, 0.29) is 19.0 Å². The minimum Gasteiger partial charge on any atom is -0.444 e. The molecular weight excluding hydrogens is 358 g/mol. The van der Waals surface area contributed by atoms with Crippen molar-refractivity contribution in [2.24, 2.45) is 0 Å². The maximum atomic E-state index is 12.5. The predicted molar refractivity (Wildman–Crippen MR) is 111 cm³/mol. The molecule has 0 spiro atoms. The first kappa shape index (κ1) is 21.8. The fourth-order valence-corrected chi connectivity index (χ4v) is 2.85. The molecule has 0 aliphatic heterocycles. The number of aromatic nitrogens is 1. The number of fused-ring (bicyclic) bond motifs is 1. The Kier molecular flexibility index (Phi) is 7.45. The van der Waals surface area contributed by atoms with Crippen molar-refractivity contribution in [2.75, 3.05) is 32.1 Å². The molecule has 1 aromatic heterocycles. The van der Waals surface area contributed by atoms with Crippen molar-refractivity contribution in [1.82, 2.24) is 9.47 Å². The van der Waals surface area contributed by atoms with Crippen LogP contribution < -0.4 is 5.32 Å². The molecule has 1 N–H and O–H groups in total. The van der Waals surface area contributed by atoms with Gasteiger partial charge in [0.25, 0.3) is 0 Å². The molecule has 0 radical (unpaired) electrons. The van der Waals surface area contributed by atoms with Crippen molar-refractivity contribution >= 4 is 28.6 Å². The van der Waals surface area contributed by atoms with Crippen LogP contribution in [0.2, 0.25) is 0 Å². The SMILES string of the molecule is CCCn1ccc2cc(NC(=O)CN(CCOC)C(=O)OC(C)(C)C)ccc21. The van der Waals surface area contributed by atoms with E-state index in [1.807, 2.05) is 24.3 Å². The number of aryl methyl sites for hydroxylation is 1. The summed E-state index contributed by atoms with van der Waals surface area (Å²) in [6.45, 7) is 8.96. The van der Waals surface area contributed by atoms with Gasteiger partial charge in [-0.1, -0.05) is 6.92 Å². The van der Waals surface area contributed by atoms with E-state index in [4.69, 9.17) is 9.47 Å². The van der Waals surface area contributed by atoms with E-state index in [2.05, 4.69) is 23.0 Å². The lowest BCUT2D eigenvalue weighted by atomic mass is 10.2. The van der Waals surface area contributed by atoms with Gasteiger partial charge in [-0.3, -0.25) is 9.69 Å². The van der Waals surface area contributed by atoms with Crippen LogP contribution in [-0.4, -0.2) is 53.9 Å². The zero-order valence-corrected chi connectivity index (χ0v) is 17.4. The minimum absolute atomic E-state index is 0.104. The monoisotopic (exact) mass is 389 g/mol. The first-order valence-electron chi connectivity index (χ1n) is 9.59. The van der Waals surface area contributed by atoms with E-state index in [0.29, 0.717) is 12.3 Å². The topological polar surface area (TPSA) is 72.8 Å². The van der Waals surface area contributed by atoms with Crippen molar-refractivity contribution in [3.63, 3.8) is 0 Å². The van der Waals surface area contributed by atoms with Crippen molar-refractivity contribution < 1.29 is 19.1 Å². The largest absolute Gasteiger partial charge is 0.444 e. The Bertz CT molecular complexity index is 808. The van der Waals surface area contributed by atoms with Gasteiger partial charge in [-0.25, -0.2) is 4.79 Å². The third-order valence-electron chi connectivity index (χ3n) is 4.07. The maximum absolute atomic E-state index is 12.5. The first-order valence-corrected chi connectivity index (χ1v) is 9.59. The van der Waals surface area contributed by atoms with Gasteiger partial charge < -0.3 is 19.4 Å². The summed E-state index contributed by atoms with van der Waals surface area (Å²) in [5, 5.41) is 3.93. The fraction of sp³-hybridized carbons (Fsp3) is 0.524. The summed E-state index contributed by atoms with van der Waals surface area (Å²) in [6, 6.07) is 7.84. The zero-order chi connectivity index (χ0) is 20.7. The van der Waals surface area contributed by atoms with Crippen molar-refractivity contribution in [3.05, 3.63) is 30.5 Å². The summed E-state index contributed by atoms with van der Waals surface area (Å²) in [6.07, 6.45) is 2.57. The molecule has 0 unspecified atom stereocenters. The van der Waals surface area contributed by atoms with E-state index >= 15 is 0 Å². The number of methoxy groups -OCH3 is 1. The number of amides is 2. The van der Waals surface area contributed by atoms with Crippen LogP contribution in [0.5, 0.6) is 0 Å². The van der Waals surface area contributed by atoms with Gasteiger partial charge in [0, 0.05) is 43.0 Å². The number of nitrogens with one attached hydrogen (secondary N) is 1. The molecule has 2 amide bonds. The summed E-state index contributed by atoms with van der Waals surface area (Å²) in [7, 11) is 1.55. The molecule has 28 heavy (non-hydrogen) atoms. The average Bonchev–Trinajstić information content (AvgIpc) is 2.99. The van der Waals surface area contributed by atoms with Gasteiger partial charge in [-0.15, -0.1) is 0 Å². The zero-order valence-electron chi connectivity index (χ0n) is 17.4. The van der Waals surface area contributed by atoms with Crippen LogP contribution in [0.1, 0.15) is 34.1 Å². The highest BCUT2D eigenvalue weighted by Crippen LogP contribution is 2.21. The number of anilines is 1. The van der Waals surface area contributed by atoms with E-state index in [0.717, 1.165) is 23.9 Å². The standard InChI is InChI=1S/C21H31N3O4/c1-6-10-23-11-9-16-14-17(7-8-18(16)23)22-19(25)15-24(12-13-27-5)20(26)28-21(2,3)4/h7-9,11,14H,6,10,12-13,15H2,1-5H3,(H,22,25). The molecule has 0 bridgehead atoms. The summed E-state index contributed by atoms with van der Waals surface area (Å²) in [5.74, 6) is -0.283. The minimum atomic E-state index is -0.629. The van der Waals surface area contributed by atoms with E-state index in [1.54, 1.807) is 27.9 Å². The Labute approximate surface area is 166 Å². The van der Waals surface area contributed by atoms with Crippen LogP contribution in [-0.2, 0) is 20.8 Å². The summed E-state index contributed by atoms with van der Waals surface area (Å²) in [4.78, 5) is 26.2. The normalized spacial score (nSPS) is 11.5. The molecule has 2 aromatic rings. The lowest BCUT2D eigenvalue weighted by Gasteiger charge is -2.26. The molecular formula is C21H31N3O4. The number of carbonyl (C=O) groups excluding carboxylic acids is 2. The van der Waals surface area contributed by atoms with Crippen LogP contribution in [0.3, 0.4) is 0 Å². The molecule has 0 atom stereocenters. The second kappa shape index (κ2) is 9.59. The fourth-order valence-electron chi connectivity index (χ4n) is 2.85. The van der Waals surface area contributed by atoms with Gasteiger partial charge in [0.05, 0.1) is 6.61 Å². The quantitative estimate of drug-likeness (QED) is 0.744. The van der Waals surface area contributed by atoms with Gasteiger partial charge in [-0.2, -0.15) is 0 Å². The molecule has 1 aromatic carbocycles. The molecule has 0 aliphatic carbocycles. The number of hydrogen-bond donors (Lipinski definition) is 1. The van der Waals surface area contributed by atoms with Gasteiger partial charge in [0.2, 0.25) is 5.91 Å². The van der Waals surface area contributed by atoms with Crippen molar-refractivity contribution in [1.29, 1.82) is 0 Å². The summed E-state index contributed by atoms with van der Waals surface area (Å²) < 4.78 is 12.6. The number of benzene rings is 1. The molecule has 7 heteroatoms. The smallest absolute Gasteiger partial charge is 0.410 e. The number of carbonyl (C=O) groups is 2. The predicted octanol–water partition coefficient (Wildman–Crippen LogP) is 3.87. The highest BCUT2D eigenvalue weighted by molar-refractivity contribution is 5.96. The van der Waals surface area contributed by atoms with Crippen LogP contribution in [0.15, 0.2) is 30.5 Å². The number of hydrogen-bond acceptors (Lipinski definition) is 4. The highest BCUT2D eigenvalue weighted by Gasteiger charge is 2.23. The Morgan fingerprint density at radius 2 is 1.96 bits per heavy atom. The lowest BCUT2D eigenvalue weighted by molar-refractivity contribution is -0.117. The Morgan fingerprint density at radius 1 is 1.21 bits per heavy atom. The molecule has 1 heterocycles. The maximum Gasteiger partial charge on any atom is 0.410 e. The van der Waals surface area contributed by atoms with E-state index in [9.17, 15) is 9.59 Å². The van der Waals surface area contributed by atoms with E-state index < -0.39 is 11.7 Å². The second-order valence-corrected chi connectivity index (χ2v) is 7.73. The number of ether oxygens (including phenoxy) is 2. The number of nitrogens with zero attached hydrogens (tertiary/aromatic N) is 2. The van der Waals surface area contributed by atoms with Crippen LogP contribution >= 0.6 is 0 Å². The lowest BCUT2D eigenvalue weighted by Crippen LogP contribution is -2.42. The van der Waals surface area contributed by atoms with Crippen molar-refractivity contribution in [3.8, 4) is 0 Å². The third kappa shape index (κ3) is 6.27. The summed E-state index contributed by atoms with van der Waals surface area (Å²) >= 11 is 0. The van der Waals surface area contributed by atoms with Gasteiger partial charge in [0.15, 0.2) is 0 Å². The van der Waals surface area contributed by atoms with Crippen LogP contribution in [0, 0.1) is 0 Å². The molecule has 7 nitrogen and oxygen atoms in total. The summed E-state index contributed by atoms with van der Waals surface area (Å²) in [5.41, 5.74) is 1.20. The Hall–Kier alpha value is -2.54. The average molecular weight is 389 g/mol. The first-order chi connectivity index (χ1) is 13.2. The molecule has 0 saturated heterocycles. The van der Waals surface area contributed by atoms with Gasteiger partial charge in [-0.05, 0) is 51.5 Å². The molecule has 0 saturated carbocycles. The Morgan fingerprint density at radius 3 is 2.61 bits per heavy atom. The number of rotatable bonds is 8. The molecule has 0 aliphatic rings. The Balaban J connectivity index is 2.04. The highest BCUT2D eigenvalue weighted by atomic mass is 16.6. The van der Waals surface area contributed by atoms with Gasteiger partial charge >= 0.3 is 6.09 Å².